The Kier molecular flexibility index (Phi) is 4.11. The van der Waals surface area contributed by atoms with Crippen LogP contribution in [0.4, 0.5) is 5.95 Å². The van der Waals surface area contributed by atoms with Crippen molar-refractivity contribution in [1.82, 2.24) is 19.7 Å². The minimum Gasteiger partial charge on any atom is -0.361 e. The second kappa shape index (κ2) is 6.78. The zero-order valence-corrected chi connectivity index (χ0v) is 16.2. The molecule has 1 aliphatic rings. The van der Waals surface area contributed by atoms with E-state index in [4.69, 9.17) is 9.51 Å². The summed E-state index contributed by atoms with van der Waals surface area (Å²) in [5.74, 6) is 1.83. The Balaban J connectivity index is 1.68. The summed E-state index contributed by atoms with van der Waals surface area (Å²) >= 11 is 0. The fourth-order valence-corrected chi connectivity index (χ4v) is 4.11. The van der Waals surface area contributed by atoms with E-state index < -0.39 is 0 Å². The molecular formula is C22H23N5O. The maximum absolute atomic E-state index is 5.37. The van der Waals surface area contributed by atoms with Gasteiger partial charge in [-0.2, -0.15) is 4.98 Å². The Morgan fingerprint density at radius 1 is 1.07 bits per heavy atom. The number of rotatable bonds is 4. The third kappa shape index (κ3) is 2.85. The minimum atomic E-state index is 0.774. The molecule has 0 radical (unpaired) electrons. The van der Waals surface area contributed by atoms with E-state index >= 15 is 0 Å². The van der Waals surface area contributed by atoms with Gasteiger partial charge in [0.15, 0.2) is 5.65 Å². The Morgan fingerprint density at radius 2 is 1.86 bits per heavy atom. The molecule has 6 heteroatoms. The van der Waals surface area contributed by atoms with Gasteiger partial charge in [0.1, 0.15) is 5.76 Å². The number of fused-ring (bicyclic) bond motifs is 1. The smallest absolute Gasteiger partial charge is 0.208 e. The maximum atomic E-state index is 5.37. The van der Waals surface area contributed by atoms with Gasteiger partial charge in [0.25, 0.3) is 0 Å². The summed E-state index contributed by atoms with van der Waals surface area (Å²) in [4.78, 5) is 12.0. The molecule has 0 amide bonds. The first kappa shape index (κ1) is 17.0. The summed E-state index contributed by atoms with van der Waals surface area (Å²) in [6, 6.07) is 12.7. The van der Waals surface area contributed by atoms with E-state index in [1.54, 1.807) is 0 Å². The number of imidazole rings is 1. The van der Waals surface area contributed by atoms with Crippen molar-refractivity contribution in [3.63, 3.8) is 0 Å². The number of aryl methyl sites for hydroxylation is 2. The van der Waals surface area contributed by atoms with Gasteiger partial charge in [0.2, 0.25) is 5.95 Å². The molecule has 0 bridgehead atoms. The van der Waals surface area contributed by atoms with Gasteiger partial charge >= 0.3 is 0 Å². The van der Waals surface area contributed by atoms with Crippen LogP contribution < -0.4 is 4.90 Å². The van der Waals surface area contributed by atoms with Crippen LogP contribution in [0, 0.1) is 13.8 Å². The molecule has 0 saturated carbocycles. The van der Waals surface area contributed by atoms with Crippen LogP contribution in [0.3, 0.4) is 0 Å². The first-order valence-electron chi connectivity index (χ1n) is 9.79. The van der Waals surface area contributed by atoms with Crippen LogP contribution in [-0.2, 0) is 6.54 Å². The topological polar surface area (TPSA) is 60.0 Å². The molecule has 4 aromatic rings. The van der Waals surface area contributed by atoms with Crippen molar-refractivity contribution >= 4 is 17.1 Å². The second-order valence-electron chi connectivity index (χ2n) is 7.44. The molecule has 3 aromatic heterocycles. The lowest BCUT2D eigenvalue weighted by Gasteiger charge is -2.18. The Morgan fingerprint density at radius 3 is 2.57 bits per heavy atom. The number of hydrogen-bond acceptors (Lipinski definition) is 5. The van der Waals surface area contributed by atoms with Crippen LogP contribution in [0.2, 0.25) is 0 Å². The lowest BCUT2D eigenvalue weighted by molar-refractivity contribution is 0.393. The van der Waals surface area contributed by atoms with E-state index in [2.05, 4.69) is 49.9 Å². The van der Waals surface area contributed by atoms with Gasteiger partial charge in [0, 0.05) is 30.4 Å². The summed E-state index contributed by atoms with van der Waals surface area (Å²) in [5.41, 5.74) is 6.00. The van der Waals surface area contributed by atoms with Crippen LogP contribution in [0.1, 0.15) is 29.9 Å². The first-order valence-corrected chi connectivity index (χ1v) is 9.79. The SMILES string of the molecule is Cc1noc(C)c1-c1cnc2nc(N3CCCC3)n(Cc3ccccc3)c2c1. The Hall–Kier alpha value is -3.15. The summed E-state index contributed by atoms with van der Waals surface area (Å²) in [7, 11) is 0. The quantitative estimate of drug-likeness (QED) is 0.532. The molecule has 0 spiro atoms. The number of benzene rings is 1. The second-order valence-corrected chi connectivity index (χ2v) is 7.44. The van der Waals surface area contributed by atoms with Gasteiger partial charge in [-0.05, 0) is 38.3 Å². The monoisotopic (exact) mass is 373 g/mol. The van der Waals surface area contributed by atoms with Crippen molar-refractivity contribution in [2.45, 2.75) is 33.2 Å². The van der Waals surface area contributed by atoms with E-state index in [0.29, 0.717) is 0 Å². The fraction of sp³-hybridized carbons (Fsp3) is 0.318. The average Bonchev–Trinajstić information content (AvgIpc) is 3.43. The molecule has 1 fully saturated rings. The van der Waals surface area contributed by atoms with Crippen LogP contribution in [0.25, 0.3) is 22.3 Å². The highest BCUT2D eigenvalue weighted by Gasteiger charge is 2.22. The summed E-state index contributed by atoms with van der Waals surface area (Å²) < 4.78 is 7.66. The normalized spacial score (nSPS) is 14.3. The highest BCUT2D eigenvalue weighted by molar-refractivity contribution is 5.82. The lowest BCUT2D eigenvalue weighted by Crippen LogP contribution is -2.22. The van der Waals surface area contributed by atoms with Gasteiger partial charge < -0.3 is 14.0 Å². The third-order valence-corrected chi connectivity index (χ3v) is 5.48. The molecular weight excluding hydrogens is 350 g/mol. The Labute approximate surface area is 163 Å². The molecule has 6 nitrogen and oxygen atoms in total. The summed E-state index contributed by atoms with van der Waals surface area (Å²) in [6.07, 6.45) is 4.31. The molecule has 28 heavy (non-hydrogen) atoms. The molecule has 142 valence electrons. The van der Waals surface area contributed by atoms with Crippen molar-refractivity contribution in [3.05, 3.63) is 59.6 Å². The van der Waals surface area contributed by atoms with Gasteiger partial charge in [-0.3, -0.25) is 0 Å². The van der Waals surface area contributed by atoms with Gasteiger partial charge in [-0.25, -0.2) is 4.98 Å². The highest BCUT2D eigenvalue weighted by atomic mass is 16.5. The molecule has 1 aliphatic heterocycles. The van der Waals surface area contributed by atoms with Crippen LogP contribution in [0.15, 0.2) is 47.1 Å². The van der Waals surface area contributed by atoms with E-state index in [-0.39, 0.29) is 0 Å². The van der Waals surface area contributed by atoms with Gasteiger partial charge in [0.05, 0.1) is 17.8 Å². The van der Waals surface area contributed by atoms with Crippen molar-refractivity contribution in [2.24, 2.45) is 0 Å². The molecule has 1 saturated heterocycles. The zero-order valence-electron chi connectivity index (χ0n) is 16.2. The highest BCUT2D eigenvalue weighted by Crippen LogP contribution is 2.31. The minimum absolute atomic E-state index is 0.774. The number of aromatic nitrogens is 4. The van der Waals surface area contributed by atoms with Gasteiger partial charge in [-0.1, -0.05) is 35.5 Å². The predicted octanol–water partition coefficient (Wildman–Crippen LogP) is 4.35. The summed E-state index contributed by atoms with van der Waals surface area (Å²) in [5, 5.41) is 4.10. The number of pyridine rings is 1. The predicted molar refractivity (Wildman–Crippen MR) is 109 cm³/mol. The molecule has 1 aromatic carbocycles. The van der Waals surface area contributed by atoms with Crippen LogP contribution in [0.5, 0.6) is 0 Å². The average molecular weight is 373 g/mol. The maximum Gasteiger partial charge on any atom is 0.208 e. The molecule has 0 aliphatic carbocycles. The molecule has 5 rings (SSSR count). The zero-order chi connectivity index (χ0) is 19.1. The largest absolute Gasteiger partial charge is 0.361 e. The fourth-order valence-electron chi connectivity index (χ4n) is 4.11. The molecule has 0 unspecified atom stereocenters. The molecule has 0 atom stereocenters. The van der Waals surface area contributed by atoms with E-state index in [9.17, 15) is 0 Å². The van der Waals surface area contributed by atoms with E-state index in [1.807, 2.05) is 26.1 Å². The summed E-state index contributed by atoms with van der Waals surface area (Å²) in [6.45, 7) is 6.78. The molecule has 4 heterocycles. The third-order valence-electron chi connectivity index (χ3n) is 5.48. The number of nitrogens with zero attached hydrogens (tertiary/aromatic N) is 5. The van der Waals surface area contributed by atoms with Crippen LogP contribution >= 0.6 is 0 Å². The van der Waals surface area contributed by atoms with E-state index in [0.717, 1.165) is 59.3 Å². The van der Waals surface area contributed by atoms with Crippen molar-refractivity contribution in [2.75, 3.05) is 18.0 Å². The van der Waals surface area contributed by atoms with Crippen molar-refractivity contribution in [1.29, 1.82) is 0 Å². The van der Waals surface area contributed by atoms with E-state index in [1.165, 1.54) is 18.4 Å². The first-order chi connectivity index (χ1) is 13.7. The number of hydrogen-bond donors (Lipinski definition) is 0. The standard InChI is InChI=1S/C22H23N5O/c1-15-20(16(2)28-25-15)18-12-19-21(23-13-18)24-22(26-10-6-7-11-26)27(19)14-17-8-4-3-5-9-17/h3-5,8-9,12-13H,6-7,10-11,14H2,1-2H3. The lowest BCUT2D eigenvalue weighted by atomic mass is 10.1. The van der Waals surface area contributed by atoms with Crippen LogP contribution in [-0.4, -0.2) is 32.8 Å². The number of anilines is 1. The van der Waals surface area contributed by atoms with Crippen molar-refractivity contribution < 1.29 is 4.52 Å². The van der Waals surface area contributed by atoms with Crippen molar-refractivity contribution in [3.8, 4) is 11.1 Å². The molecule has 0 N–H and O–H groups in total. The Bertz CT molecular complexity index is 1100. The van der Waals surface area contributed by atoms with Gasteiger partial charge in [-0.15, -0.1) is 0 Å².